The van der Waals surface area contributed by atoms with Crippen molar-refractivity contribution < 1.29 is 33.4 Å². The van der Waals surface area contributed by atoms with Gasteiger partial charge in [-0.1, -0.05) is 72.6 Å². The second-order valence-electron chi connectivity index (χ2n) is 15.5. The molecular formula is C38H71N7O7. The van der Waals surface area contributed by atoms with Crippen LogP contribution >= 0.6 is 0 Å². The van der Waals surface area contributed by atoms with Crippen LogP contribution in [0.5, 0.6) is 0 Å². The predicted octanol–water partition coefficient (Wildman–Crippen LogP) is 2.29. The minimum absolute atomic E-state index is 0.0765. The van der Waals surface area contributed by atoms with Crippen LogP contribution in [0.2, 0.25) is 0 Å². The molecule has 0 aromatic carbocycles. The van der Waals surface area contributed by atoms with Crippen LogP contribution < -0.4 is 27.0 Å². The number of nitrogens with one attached hydrogen (secondary N) is 4. The molecule has 2 rings (SSSR count). The second-order valence-corrected chi connectivity index (χ2v) is 15.5. The van der Waals surface area contributed by atoms with Crippen molar-refractivity contribution in [3.05, 3.63) is 0 Å². The van der Waals surface area contributed by atoms with Crippen LogP contribution in [0.15, 0.2) is 0 Å². The number of hydrogen-bond acceptors (Lipinski definition) is 9. The molecule has 14 nitrogen and oxygen atoms in total. The predicted molar refractivity (Wildman–Crippen MR) is 202 cm³/mol. The van der Waals surface area contributed by atoms with Crippen molar-refractivity contribution >= 4 is 29.5 Å². The Morgan fingerprint density at radius 2 is 1.52 bits per heavy atom. The third-order valence-electron chi connectivity index (χ3n) is 10.2. The Labute approximate surface area is 312 Å². The van der Waals surface area contributed by atoms with E-state index in [2.05, 4.69) is 28.2 Å². The molecule has 0 aromatic heterocycles. The fourth-order valence-electron chi connectivity index (χ4n) is 7.07. The number of hydrogen-bond donors (Lipinski definition) is 5. The van der Waals surface area contributed by atoms with E-state index in [1.165, 1.54) is 4.90 Å². The molecule has 7 atom stereocenters. The molecule has 0 aromatic rings. The maximum absolute atomic E-state index is 14.2. The third kappa shape index (κ3) is 15.3. The molecule has 0 bridgehead atoms. The first-order valence-corrected chi connectivity index (χ1v) is 19.8. The molecule has 5 amide bonds. The van der Waals surface area contributed by atoms with E-state index in [1.807, 2.05) is 32.8 Å². The Balaban J connectivity index is 2.53. The Kier molecular flexibility index (Phi) is 20.7. The summed E-state index contributed by atoms with van der Waals surface area (Å²) in [5.74, 6) is -3.06. The highest BCUT2D eigenvalue weighted by atomic mass is 16.5. The molecule has 1 heterocycles. The molecular weight excluding hydrogens is 666 g/mol. The van der Waals surface area contributed by atoms with E-state index in [0.29, 0.717) is 19.4 Å². The summed E-state index contributed by atoms with van der Waals surface area (Å²) < 4.78 is 12.2. The molecule has 52 heavy (non-hydrogen) atoms. The maximum atomic E-state index is 14.2. The summed E-state index contributed by atoms with van der Waals surface area (Å²) in [6.07, 6.45) is 8.58. The van der Waals surface area contributed by atoms with Gasteiger partial charge in [-0.15, -0.1) is 0 Å². The molecule has 1 aliphatic heterocycles. The number of nitrogens with two attached hydrogens (primary N) is 1. The van der Waals surface area contributed by atoms with E-state index in [-0.39, 0.29) is 30.9 Å². The van der Waals surface area contributed by atoms with Crippen molar-refractivity contribution in [1.29, 1.82) is 0 Å². The van der Waals surface area contributed by atoms with Gasteiger partial charge in [0.05, 0.1) is 18.6 Å². The van der Waals surface area contributed by atoms with E-state index in [9.17, 15) is 24.0 Å². The van der Waals surface area contributed by atoms with Gasteiger partial charge >= 0.3 is 0 Å². The van der Waals surface area contributed by atoms with Gasteiger partial charge in [0.2, 0.25) is 29.5 Å². The zero-order chi connectivity index (χ0) is 38.8. The van der Waals surface area contributed by atoms with Crippen molar-refractivity contribution in [1.82, 2.24) is 31.1 Å². The van der Waals surface area contributed by atoms with Gasteiger partial charge in [0.25, 0.3) is 0 Å². The van der Waals surface area contributed by atoms with Crippen LogP contribution in [-0.4, -0.2) is 123 Å². The SMILES string of the molecule is CCCCCC[C@H]1O[C@@H](C)NC(=O)[C@H](COCCCN(C)C)NC(=O)[C@H](CN)NC(=O)[C@H](C2CCCCC2)NC(=O)[C@H](CC(C)C)N(C)C(=O)[C@@H]1C. The molecule has 1 aliphatic carbocycles. The molecule has 1 saturated heterocycles. The van der Waals surface area contributed by atoms with Crippen LogP contribution in [0.1, 0.15) is 112 Å². The first-order chi connectivity index (χ1) is 24.7. The number of nitrogens with zero attached hydrogens (tertiary/aromatic N) is 2. The number of likely N-dealkylation sites (N-methyl/N-ethyl adjacent to an activating group) is 1. The second kappa shape index (κ2) is 23.8. The van der Waals surface area contributed by atoms with E-state index in [1.54, 1.807) is 20.9 Å². The summed E-state index contributed by atoms with van der Waals surface area (Å²) in [6.45, 7) is 10.4. The van der Waals surface area contributed by atoms with Gasteiger partial charge in [-0.3, -0.25) is 24.0 Å². The van der Waals surface area contributed by atoms with E-state index in [4.69, 9.17) is 15.2 Å². The van der Waals surface area contributed by atoms with Crippen molar-refractivity contribution in [2.24, 2.45) is 23.5 Å². The minimum atomic E-state index is -1.17. The maximum Gasteiger partial charge on any atom is 0.246 e. The van der Waals surface area contributed by atoms with E-state index < -0.39 is 66.0 Å². The van der Waals surface area contributed by atoms with Crippen LogP contribution in [0.3, 0.4) is 0 Å². The van der Waals surface area contributed by atoms with Gasteiger partial charge in [0.15, 0.2) is 0 Å². The van der Waals surface area contributed by atoms with E-state index >= 15 is 0 Å². The highest BCUT2D eigenvalue weighted by Gasteiger charge is 2.39. The Morgan fingerprint density at radius 1 is 0.865 bits per heavy atom. The third-order valence-corrected chi connectivity index (χ3v) is 10.2. The number of rotatable bonds is 15. The average Bonchev–Trinajstić information content (AvgIpc) is 3.10. The summed E-state index contributed by atoms with van der Waals surface area (Å²) >= 11 is 0. The summed E-state index contributed by atoms with van der Waals surface area (Å²) in [5, 5.41) is 11.4. The lowest BCUT2D eigenvalue weighted by Gasteiger charge is -2.36. The summed E-state index contributed by atoms with van der Waals surface area (Å²) in [5.41, 5.74) is 6.03. The van der Waals surface area contributed by atoms with Crippen molar-refractivity contribution in [2.45, 2.75) is 148 Å². The molecule has 0 spiro atoms. The number of amides is 5. The van der Waals surface area contributed by atoms with Gasteiger partial charge in [-0.05, 0) is 71.5 Å². The minimum Gasteiger partial charge on any atom is -0.379 e. The van der Waals surface area contributed by atoms with Crippen molar-refractivity contribution in [2.75, 3.05) is 47.4 Å². The molecule has 0 unspecified atom stereocenters. The number of unbranched alkanes of at least 4 members (excludes halogenated alkanes) is 3. The highest BCUT2D eigenvalue weighted by molar-refractivity contribution is 5.96. The lowest BCUT2D eigenvalue weighted by atomic mass is 9.83. The quantitative estimate of drug-likeness (QED) is 0.158. The Morgan fingerprint density at radius 3 is 2.13 bits per heavy atom. The fraction of sp³-hybridized carbons (Fsp3) is 0.868. The summed E-state index contributed by atoms with van der Waals surface area (Å²) in [4.78, 5) is 73.3. The fourth-order valence-corrected chi connectivity index (χ4v) is 7.07. The number of ether oxygens (including phenoxy) is 2. The van der Waals surface area contributed by atoms with Crippen LogP contribution in [0.4, 0.5) is 0 Å². The smallest absolute Gasteiger partial charge is 0.246 e. The Bertz CT molecular complexity index is 1120. The van der Waals surface area contributed by atoms with Crippen LogP contribution in [0, 0.1) is 17.8 Å². The lowest BCUT2D eigenvalue weighted by molar-refractivity contribution is -0.150. The van der Waals surface area contributed by atoms with Crippen LogP contribution in [0.25, 0.3) is 0 Å². The number of carbonyl (C=O) groups is 5. The standard InChI is InChI=1S/C38H71N7O7/c1-9-10-11-15-19-32-26(4)38(50)45(8)31(22-25(2)3)36(48)43-33(28-17-13-12-14-18-28)37(49)41-29(23-39)34(46)42-30(35(47)40-27(5)52-32)24-51-21-16-20-44(6)7/h25-33H,9-24,39H2,1-8H3,(H,40,47)(H,41,49)(H,42,46)(H,43,48)/t26-,27+,29+,30+,31+,32-,33+/m1/s1. The molecule has 1 saturated carbocycles. The lowest BCUT2D eigenvalue weighted by Crippen LogP contribution is -2.62. The average molecular weight is 738 g/mol. The molecule has 0 radical (unpaired) electrons. The van der Waals surface area contributed by atoms with Gasteiger partial charge in [-0.2, -0.15) is 0 Å². The van der Waals surface area contributed by atoms with Gasteiger partial charge in [-0.25, -0.2) is 0 Å². The van der Waals surface area contributed by atoms with Crippen LogP contribution in [-0.2, 0) is 33.4 Å². The first kappa shape index (κ1) is 45.3. The summed E-state index contributed by atoms with van der Waals surface area (Å²) in [7, 11) is 5.55. The molecule has 14 heteroatoms. The topological polar surface area (TPSA) is 184 Å². The molecule has 2 fully saturated rings. The van der Waals surface area contributed by atoms with Gasteiger partial charge < -0.3 is 46.3 Å². The van der Waals surface area contributed by atoms with Gasteiger partial charge in [0.1, 0.15) is 30.4 Å². The normalized spacial score (nSPS) is 28.2. The highest BCUT2D eigenvalue weighted by Crippen LogP contribution is 2.28. The number of carbonyl (C=O) groups excluding carboxylic acids is 5. The van der Waals surface area contributed by atoms with E-state index in [0.717, 1.165) is 70.8 Å². The largest absolute Gasteiger partial charge is 0.379 e. The van der Waals surface area contributed by atoms with Crippen molar-refractivity contribution in [3.8, 4) is 0 Å². The zero-order valence-corrected chi connectivity index (χ0v) is 33.3. The zero-order valence-electron chi connectivity index (χ0n) is 33.3. The molecule has 300 valence electrons. The molecule has 6 N–H and O–H groups in total. The summed E-state index contributed by atoms with van der Waals surface area (Å²) in [6, 6.07) is -4.05. The van der Waals surface area contributed by atoms with Crippen molar-refractivity contribution in [3.63, 3.8) is 0 Å². The monoisotopic (exact) mass is 738 g/mol. The first-order valence-electron chi connectivity index (χ1n) is 19.8. The molecule has 2 aliphatic rings. The van der Waals surface area contributed by atoms with Gasteiger partial charge in [0, 0.05) is 20.2 Å². The Hall–Kier alpha value is -2.81.